The maximum absolute atomic E-state index is 9.86. The van der Waals surface area contributed by atoms with Crippen LogP contribution in [0.5, 0.6) is 0 Å². The first-order valence-electron chi connectivity index (χ1n) is 7.56. The van der Waals surface area contributed by atoms with Crippen LogP contribution >= 0.6 is 0 Å². The molecule has 0 aliphatic carbocycles. The van der Waals surface area contributed by atoms with E-state index in [-0.39, 0.29) is 12.1 Å². The number of nitrogens with zero attached hydrogens (tertiary/aromatic N) is 3. The van der Waals surface area contributed by atoms with Crippen molar-refractivity contribution in [2.75, 3.05) is 13.2 Å². The van der Waals surface area contributed by atoms with Gasteiger partial charge in [0.2, 0.25) is 0 Å². The molecule has 120 valence electrons. The van der Waals surface area contributed by atoms with E-state index in [1.165, 1.54) is 0 Å². The molecular formula is C16H24N4O2. The minimum atomic E-state index is -0.501. The number of hydrogen-bond acceptors (Lipinski definition) is 5. The van der Waals surface area contributed by atoms with Crippen LogP contribution in [0.25, 0.3) is 5.69 Å². The highest BCUT2D eigenvalue weighted by atomic mass is 16.5. The second kappa shape index (κ2) is 8.03. The topological polar surface area (TPSA) is 72.2 Å². The van der Waals surface area contributed by atoms with E-state index < -0.39 is 6.10 Å². The van der Waals surface area contributed by atoms with Gasteiger partial charge in [0, 0.05) is 12.6 Å². The third kappa shape index (κ3) is 4.91. The predicted octanol–water partition coefficient (Wildman–Crippen LogP) is 1.70. The molecule has 0 amide bonds. The van der Waals surface area contributed by atoms with Gasteiger partial charge in [-0.25, -0.2) is 4.68 Å². The van der Waals surface area contributed by atoms with E-state index in [0.29, 0.717) is 13.2 Å². The van der Waals surface area contributed by atoms with E-state index in [1.54, 1.807) is 10.9 Å². The molecule has 2 N–H and O–H groups in total. The lowest BCUT2D eigenvalue weighted by Crippen LogP contribution is -2.32. The van der Waals surface area contributed by atoms with Crippen LogP contribution in [0.4, 0.5) is 0 Å². The maximum atomic E-state index is 9.86. The fraction of sp³-hybridized carbons (Fsp3) is 0.500. The normalized spacial score (nSPS) is 14.2. The zero-order chi connectivity index (χ0) is 15.9. The van der Waals surface area contributed by atoms with Crippen LogP contribution in [0.1, 0.15) is 32.4 Å². The van der Waals surface area contributed by atoms with Gasteiger partial charge in [-0.1, -0.05) is 17.3 Å². The van der Waals surface area contributed by atoms with Gasteiger partial charge in [0.25, 0.3) is 0 Å². The van der Waals surface area contributed by atoms with Crippen LogP contribution in [-0.2, 0) is 4.74 Å². The molecule has 0 saturated carbocycles. The largest absolute Gasteiger partial charge is 0.389 e. The average Bonchev–Trinajstić information content (AvgIpc) is 3.05. The maximum Gasteiger partial charge on any atom is 0.0898 e. The van der Waals surface area contributed by atoms with E-state index in [0.717, 1.165) is 11.3 Å². The van der Waals surface area contributed by atoms with Gasteiger partial charge < -0.3 is 15.2 Å². The zero-order valence-corrected chi connectivity index (χ0v) is 13.3. The Labute approximate surface area is 131 Å². The Morgan fingerprint density at radius 1 is 1.23 bits per heavy atom. The Kier molecular flexibility index (Phi) is 6.06. The van der Waals surface area contributed by atoms with Gasteiger partial charge in [-0.05, 0) is 38.5 Å². The SMILES string of the molecule is CC(C)OCC(O)CNC(C)c1ccc(-n2ccnn2)cc1. The molecular weight excluding hydrogens is 280 g/mol. The van der Waals surface area contributed by atoms with Gasteiger partial charge in [-0.3, -0.25) is 0 Å². The van der Waals surface area contributed by atoms with Gasteiger partial charge in [-0.15, -0.1) is 5.10 Å². The molecule has 1 aromatic carbocycles. The number of aliphatic hydroxyl groups is 1. The smallest absolute Gasteiger partial charge is 0.0898 e. The molecule has 0 bridgehead atoms. The first kappa shape index (κ1) is 16.6. The summed E-state index contributed by atoms with van der Waals surface area (Å²) in [6.07, 6.45) is 3.09. The first-order valence-corrected chi connectivity index (χ1v) is 7.56. The van der Waals surface area contributed by atoms with Crippen LogP contribution in [0.15, 0.2) is 36.7 Å². The quantitative estimate of drug-likeness (QED) is 0.777. The van der Waals surface area contributed by atoms with Crippen molar-refractivity contribution in [1.29, 1.82) is 0 Å². The van der Waals surface area contributed by atoms with Gasteiger partial charge in [0.05, 0.1) is 36.9 Å². The Balaban J connectivity index is 1.83. The Bertz CT molecular complexity index is 540. The number of nitrogens with one attached hydrogen (secondary N) is 1. The van der Waals surface area contributed by atoms with E-state index in [4.69, 9.17) is 4.74 Å². The molecule has 22 heavy (non-hydrogen) atoms. The van der Waals surface area contributed by atoms with E-state index in [9.17, 15) is 5.11 Å². The molecule has 0 fully saturated rings. The molecule has 6 nitrogen and oxygen atoms in total. The molecule has 1 aromatic heterocycles. The summed E-state index contributed by atoms with van der Waals surface area (Å²) >= 11 is 0. The van der Waals surface area contributed by atoms with Crippen molar-refractivity contribution in [3.63, 3.8) is 0 Å². The van der Waals surface area contributed by atoms with Crippen molar-refractivity contribution < 1.29 is 9.84 Å². The minimum absolute atomic E-state index is 0.136. The summed E-state index contributed by atoms with van der Waals surface area (Å²) in [5.74, 6) is 0. The summed E-state index contributed by atoms with van der Waals surface area (Å²) in [5, 5.41) is 20.9. The highest BCUT2D eigenvalue weighted by molar-refractivity contribution is 5.34. The second-order valence-electron chi connectivity index (χ2n) is 5.61. The summed E-state index contributed by atoms with van der Waals surface area (Å²) in [7, 11) is 0. The van der Waals surface area contributed by atoms with E-state index in [1.807, 2.05) is 44.3 Å². The van der Waals surface area contributed by atoms with Crippen molar-refractivity contribution in [2.45, 2.75) is 39.0 Å². The van der Waals surface area contributed by atoms with Crippen LogP contribution in [0.3, 0.4) is 0 Å². The molecule has 0 aliphatic heterocycles. The van der Waals surface area contributed by atoms with Crippen LogP contribution in [-0.4, -0.2) is 45.5 Å². The highest BCUT2D eigenvalue weighted by Crippen LogP contribution is 2.15. The average molecular weight is 304 g/mol. The van der Waals surface area contributed by atoms with E-state index >= 15 is 0 Å². The number of ether oxygens (including phenoxy) is 1. The van der Waals surface area contributed by atoms with Gasteiger partial charge >= 0.3 is 0 Å². The number of aliphatic hydroxyl groups excluding tert-OH is 1. The number of hydrogen-bond donors (Lipinski definition) is 2. The fourth-order valence-corrected chi connectivity index (χ4v) is 2.05. The molecule has 0 aliphatic rings. The summed E-state index contributed by atoms with van der Waals surface area (Å²) in [5.41, 5.74) is 2.12. The summed E-state index contributed by atoms with van der Waals surface area (Å²) in [4.78, 5) is 0. The van der Waals surface area contributed by atoms with Crippen molar-refractivity contribution in [1.82, 2.24) is 20.3 Å². The molecule has 2 atom stereocenters. The van der Waals surface area contributed by atoms with Crippen LogP contribution in [0, 0.1) is 0 Å². The predicted molar refractivity (Wildman–Crippen MR) is 84.9 cm³/mol. The molecule has 0 radical (unpaired) electrons. The fourth-order valence-electron chi connectivity index (χ4n) is 2.05. The lowest BCUT2D eigenvalue weighted by molar-refractivity contribution is 0.00560. The van der Waals surface area contributed by atoms with Crippen molar-refractivity contribution in [3.8, 4) is 5.69 Å². The Morgan fingerprint density at radius 3 is 2.55 bits per heavy atom. The van der Waals surface area contributed by atoms with Gasteiger partial charge in [-0.2, -0.15) is 0 Å². The summed E-state index contributed by atoms with van der Waals surface area (Å²) < 4.78 is 7.11. The van der Waals surface area contributed by atoms with E-state index in [2.05, 4.69) is 22.6 Å². The zero-order valence-electron chi connectivity index (χ0n) is 13.3. The molecule has 2 rings (SSSR count). The molecule has 2 unspecified atom stereocenters. The highest BCUT2D eigenvalue weighted by Gasteiger charge is 2.10. The lowest BCUT2D eigenvalue weighted by atomic mass is 10.1. The summed E-state index contributed by atoms with van der Waals surface area (Å²) in [6, 6.07) is 8.25. The second-order valence-corrected chi connectivity index (χ2v) is 5.61. The molecule has 0 saturated heterocycles. The van der Waals surface area contributed by atoms with Crippen molar-refractivity contribution in [3.05, 3.63) is 42.2 Å². The standard InChI is InChI=1S/C16H24N4O2/c1-12(2)22-11-16(21)10-17-13(3)14-4-6-15(7-5-14)20-9-8-18-19-20/h4-9,12-13,16-17,21H,10-11H2,1-3H3. The number of benzene rings is 1. The Morgan fingerprint density at radius 2 is 1.95 bits per heavy atom. The third-order valence-electron chi connectivity index (χ3n) is 3.36. The molecule has 1 heterocycles. The minimum Gasteiger partial charge on any atom is -0.389 e. The van der Waals surface area contributed by atoms with Crippen LogP contribution in [0.2, 0.25) is 0 Å². The lowest BCUT2D eigenvalue weighted by Gasteiger charge is -2.18. The monoisotopic (exact) mass is 304 g/mol. The van der Waals surface area contributed by atoms with Gasteiger partial charge in [0.15, 0.2) is 0 Å². The van der Waals surface area contributed by atoms with Crippen molar-refractivity contribution in [2.24, 2.45) is 0 Å². The molecule has 2 aromatic rings. The Hall–Kier alpha value is -1.76. The van der Waals surface area contributed by atoms with Crippen LogP contribution < -0.4 is 5.32 Å². The van der Waals surface area contributed by atoms with Gasteiger partial charge in [0.1, 0.15) is 0 Å². The number of aromatic nitrogens is 3. The third-order valence-corrected chi connectivity index (χ3v) is 3.36. The number of rotatable bonds is 8. The summed E-state index contributed by atoms with van der Waals surface area (Å²) in [6.45, 7) is 6.83. The molecule has 0 spiro atoms. The van der Waals surface area contributed by atoms with Crippen molar-refractivity contribution >= 4 is 0 Å². The molecule has 6 heteroatoms. The first-order chi connectivity index (χ1) is 10.6.